The number of hydrogen-bond donors (Lipinski definition) is 0. The van der Waals surface area contributed by atoms with E-state index >= 15 is 0 Å². The van der Waals surface area contributed by atoms with Crippen molar-refractivity contribution in [3.05, 3.63) is 34.2 Å². The van der Waals surface area contributed by atoms with Crippen LogP contribution in [-0.2, 0) is 20.6 Å². The second-order valence-electron chi connectivity index (χ2n) is 4.11. The molecule has 1 aromatic heterocycles. The molecule has 1 aromatic carbocycles. The van der Waals surface area contributed by atoms with Crippen LogP contribution in [0.15, 0.2) is 28.0 Å². The molecule has 94 valence electrons. The van der Waals surface area contributed by atoms with Gasteiger partial charge in [0.2, 0.25) is 5.71 Å². The molecule has 0 radical (unpaired) electrons. The average Bonchev–Trinajstić information content (AvgIpc) is 2.65. The summed E-state index contributed by atoms with van der Waals surface area (Å²) in [6.07, 6.45) is 0. The van der Waals surface area contributed by atoms with Crippen LogP contribution in [0, 0.1) is 22.7 Å². The van der Waals surface area contributed by atoms with Crippen LogP contribution in [0.2, 0.25) is 0 Å². The van der Waals surface area contributed by atoms with Gasteiger partial charge >= 0.3 is 5.69 Å². The van der Waals surface area contributed by atoms with Gasteiger partial charge in [0.15, 0.2) is 0 Å². The first-order valence-electron chi connectivity index (χ1n) is 5.57. The van der Waals surface area contributed by atoms with E-state index in [0.717, 1.165) is 16.6 Å². The summed E-state index contributed by atoms with van der Waals surface area (Å²) in [4.78, 5) is 15.7. The number of nitrogens with zero attached hydrogens (tertiary/aromatic N) is 5. The molecule has 0 amide bonds. The lowest BCUT2D eigenvalue weighted by Gasteiger charge is -1.99. The Bertz CT molecular complexity index is 794. The largest absolute Gasteiger partial charge is 0.328 e. The Labute approximate surface area is 109 Å². The van der Waals surface area contributed by atoms with Crippen molar-refractivity contribution in [2.75, 3.05) is 0 Å². The predicted molar refractivity (Wildman–Crippen MR) is 70.5 cm³/mol. The molecule has 0 N–H and O–H groups in total. The molecule has 0 spiro atoms. The van der Waals surface area contributed by atoms with Gasteiger partial charge in [-0.2, -0.15) is 10.5 Å². The lowest BCUT2D eigenvalue weighted by molar-refractivity contribution is 0.795. The Hall–Kier alpha value is -2.86. The summed E-state index contributed by atoms with van der Waals surface area (Å²) < 4.78 is 3.12. The van der Waals surface area contributed by atoms with E-state index in [9.17, 15) is 4.79 Å². The first-order valence-corrected chi connectivity index (χ1v) is 5.57. The van der Waals surface area contributed by atoms with Crippen molar-refractivity contribution < 1.29 is 0 Å². The topological polar surface area (TPSA) is 86.9 Å². The van der Waals surface area contributed by atoms with Crippen LogP contribution in [0.1, 0.15) is 5.56 Å². The van der Waals surface area contributed by atoms with Gasteiger partial charge in [0.1, 0.15) is 12.1 Å². The molecule has 2 aromatic rings. The van der Waals surface area contributed by atoms with Gasteiger partial charge in [-0.15, -0.1) is 0 Å². The van der Waals surface area contributed by atoms with Crippen LogP contribution < -0.4 is 5.69 Å². The summed E-state index contributed by atoms with van der Waals surface area (Å²) in [5, 5.41) is 17.2. The van der Waals surface area contributed by atoms with Crippen molar-refractivity contribution in [3.8, 4) is 12.1 Å². The summed E-state index contributed by atoms with van der Waals surface area (Å²) in [6, 6.07) is 8.93. The van der Waals surface area contributed by atoms with E-state index in [1.807, 2.05) is 18.2 Å². The number of aliphatic imine (C=N–C) groups is 1. The maximum absolute atomic E-state index is 11.8. The fourth-order valence-corrected chi connectivity index (χ4v) is 1.92. The highest BCUT2D eigenvalue weighted by atomic mass is 16.1. The Morgan fingerprint density at radius 3 is 2.47 bits per heavy atom. The Balaban J connectivity index is 2.47. The van der Waals surface area contributed by atoms with E-state index < -0.39 is 0 Å². The van der Waals surface area contributed by atoms with E-state index in [1.54, 1.807) is 35.4 Å². The third-order valence-corrected chi connectivity index (χ3v) is 2.97. The zero-order valence-electron chi connectivity index (χ0n) is 10.6. The monoisotopic (exact) mass is 253 g/mol. The number of fused-ring (bicyclic) bond motifs is 1. The molecule has 6 heteroatoms. The van der Waals surface area contributed by atoms with E-state index in [0.29, 0.717) is 0 Å². The van der Waals surface area contributed by atoms with Crippen LogP contribution in [0.5, 0.6) is 0 Å². The van der Waals surface area contributed by atoms with Gasteiger partial charge < -0.3 is 0 Å². The Morgan fingerprint density at radius 1 is 1.21 bits per heavy atom. The molecule has 0 aliphatic heterocycles. The minimum atomic E-state index is -0.151. The van der Waals surface area contributed by atoms with Crippen LogP contribution in [-0.4, -0.2) is 14.8 Å². The first-order chi connectivity index (χ1) is 9.08. The van der Waals surface area contributed by atoms with E-state index in [4.69, 9.17) is 10.5 Å². The van der Waals surface area contributed by atoms with Crippen molar-refractivity contribution in [1.29, 1.82) is 10.5 Å². The van der Waals surface area contributed by atoms with E-state index in [2.05, 4.69) is 4.99 Å². The molecule has 0 aliphatic rings. The number of aryl methyl sites for hydroxylation is 2. The van der Waals surface area contributed by atoms with E-state index in [1.165, 1.54) is 0 Å². The number of hydrogen-bond acceptors (Lipinski definition) is 4. The van der Waals surface area contributed by atoms with Gasteiger partial charge in [-0.1, -0.05) is 6.07 Å². The minimum absolute atomic E-state index is 0.0922. The molecule has 0 atom stereocenters. The highest BCUT2D eigenvalue weighted by Crippen LogP contribution is 2.14. The maximum Gasteiger partial charge on any atom is 0.328 e. The van der Waals surface area contributed by atoms with Crippen LogP contribution in [0.4, 0.5) is 0 Å². The van der Waals surface area contributed by atoms with Crippen LogP contribution >= 0.6 is 0 Å². The summed E-state index contributed by atoms with van der Waals surface area (Å²) in [6.45, 7) is 0.246. The molecular formula is C13H11N5O. The zero-order valence-corrected chi connectivity index (χ0v) is 10.6. The molecule has 0 fully saturated rings. The second kappa shape index (κ2) is 4.79. The average molecular weight is 253 g/mol. The van der Waals surface area contributed by atoms with Crippen LogP contribution in [0.25, 0.3) is 11.0 Å². The standard InChI is InChI=1S/C13H11N5O/c1-17-11-4-3-9(8-16-10(6-14)7-15)5-12(11)18(2)13(17)19/h3-5H,8H2,1-2H3. The fourth-order valence-electron chi connectivity index (χ4n) is 1.92. The molecule has 2 rings (SSSR count). The summed E-state index contributed by atoms with van der Waals surface area (Å²) in [5.41, 5.74) is 2.24. The SMILES string of the molecule is Cn1c(=O)n(C)c2cc(CN=C(C#N)C#N)ccc21. The van der Waals surface area contributed by atoms with Crippen LogP contribution in [0.3, 0.4) is 0 Å². The quantitative estimate of drug-likeness (QED) is 0.744. The van der Waals surface area contributed by atoms with Gasteiger partial charge in [0, 0.05) is 14.1 Å². The van der Waals surface area contributed by atoms with Crippen molar-refractivity contribution in [2.45, 2.75) is 6.54 Å². The number of nitriles is 2. The molecule has 0 unspecified atom stereocenters. The number of benzene rings is 1. The lowest BCUT2D eigenvalue weighted by Crippen LogP contribution is -2.19. The van der Waals surface area contributed by atoms with Gasteiger partial charge in [0.05, 0.1) is 17.6 Å². The molecule has 0 bridgehead atoms. The molecule has 6 nitrogen and oxygen atoms in total. The fraction of sp³-hybridized carbons (Fsp3) is 0.231. The normalized spacial score (nSPS) is 9.89. The molecule has 1 heterocycles. The summed E-state index contributed by atoms with van der Waals surface area (Å²) >= 11 is 0. The van der Waals surface area contributed by atoms with Gasteiger partial charge in [0.25, 0.3) is 0 Å². The van der Waals surface area contributed by atoms with Crippen molar-refractivity contribution in [3.63, 3.8) is 0 Å². The van der Waals surface area contributed by atoms with Crippen molar-refractivity contribution in [2.24, 2.45) is 19.1 Å². The Kier molecular flexibility index (Phi) is 3.17. The van der Waals surface area contributed by atoms with Crippen molar-refractivity contribution in [1.82, 2.24) is 9.13 Å². The Morgan fingerprint density at radius 2 is 1.84 bits per heavy atom. The third kappa shape index (κ3) is 2.12. The van der Waals surface area contributed by atoms with Gasteiger partial charge in [-0.25, -0.2) is 4.79 Å². The predicted octanol–water partition coefficient (Wildman–Crippen LogP) is 0.865. The summed E-state index contributed by atoms with van der Waals surface area (Å²) in [5.74, 6) is 0. The highest BCUT2D eigenvalue weighted by Gasteiger charge is 2.07. The highest BCUT2D eigenvalue weighted by molar-refractivity contribution is 6.10. The van der Waals surface area contributed by atoms with Crippen molar-refractivity contribution >= 4 is 16.7 Å². The zero-order chi connectivity index (χ0) is 14.0. The minimum Gasteiger partial charge on any atom is -0.295 e. The second-order valence-corrected chi connectivity index (χ2v) is 4.11. The molecular weight excluding hydrogens is 242 g/mol. The summed E-state index contributed by atoms with van der Waals surface area (Å²) in [7, 11) is 3.42. The van der Waals surface area contributed by atoms with E-state index in [-0.39, 0.29) is 17.9 Å². The van der Waals surface area contributed by atoms with Gasteiger partial charge in [-0.05, 0) is 17.7 Å². The molecule has 0 aliphatic carbocycles. The lowest BCUT2D eigenvalue weighted by atomic mass is 10.2. The molecule has 0 saturated carbocycles. The van der Waals surface area contributed by atoms with Gasteiger partial charge in [-0.3, -0.25) is 14.1 Å². The number of imidazole rings is 1. The molecule has 0 saturated heterocycles. The third-order valence-electron chi connectivity index (χ3n) is 2.97. The maximum atomic E-state index is 11.8. The number of rotatable bonds is 2. The molecule has 19 heavy (non-hydrogen) atoms. The number of aromatic nitrogens is 2. The first kappa shape index (κ1) is 12.6. The smallest absolute Gasteiger partial charge is 0.295 e.